The third kappa shape index (κ3) is 2.45. The smallest absolute Gasteiger partial charge is 0.265 e. The van der Waals surface area contributed by atoms with Crippen LogP contribution in [0.25, 0.3) is 0 Å². The van der Waals surface area contributed by atoms with Crippen LogP contribution in [0.5, 0.6) is 0 Å². The second-order valence-corrected chi connectivity index (χ2v) is 9.16. The Hall–Kier alpha value is -1.20. The van der Waals surface area contributed by atoms with E-state index < -0.39 is 15.7 Å². The summed E-state index contributed by atoms with van der Waals surface area (Å²) in [4.78, 5) is 13.3. The zero-order valence-electron chi connectivity index (χ0n) is 13.3. The molecule has 4 bridgehead atoms. The van der Waals surface area contributed by atoms with E-state index in [0.717, 1.165) is 31.9 Å². The summed E-state index contributed by atoms with van der Waals surface area (Å²) in [6, 6.07) is 9.02. The van der Waals surface area contributed by atoms with Gasteiger partial charge in [-0.15, -0.1) is 0 Å². The molecule has 0 N–H and O–H groups in total. The van der Waals surface area contributed by atoms with Crippen LogP contribution in [0.1, 0.15) is 42.5 Å². The van der Waals surface area contributed by atoms with Gasteiger partial charge in [0.05, 0.1) is 6.26 Å². The Morgan fingerprint density at radius 2 is 1.52 bits per heavy atom. The molecule has 0 heterocycles. The molecule has 0 atom stereocenters. The van der Waals surface area contributed by atoms with Gasteiger partial charge < -0.3 is 0 Å². The first-order chi connectivity index (χ1) is 10.9. The van der Waals surface area contributed by atoms with Crippen LogP contribution in [0.2, 0.25) is 0 Å². The first-order valence-corrected chi connectivity index (χ1v) is 10.2. The molecule has 4 aliphatic carbocycles. The molecular formula is C18H22O4S. The highest BCUT2D eigenvalue weighted by Gasteiger charge is 2.63. The summed E-state index contributed by atoms with van der Waals surface area (Å²) >= 11 is 0. The minimum atomic E-state index is -3.70. The van der Waals surface area contributed by atoms with Crippen molar-refractivity contribution in [3.05, 3.63) is 35.9 Å². The summed E-state index contributed by atoms with van der Waals surface area (Å²) < 4.78 is 29.6. The lowest BCUT2D eigenvalue weighted by Gasteiger charge is -2.59. The molecule has 0 aromatic heterocycles. The molecule has 4 aliphatic rings. The van der Waals surface area contributed by atoms with Gasteiger partial charge in [0.15, 0.2) is 11.4 Å². The largest absolute Gasteiger partial charge is 0.291 e. The van der Waals surface area contributed by atoms with Gasteiger partial charge in [-0.1, -0.05) is 30.3 Å². The quantitative estimate of drug-likeness (QED) is 0.627. The van der Waals surface area contributed by atoms with E-state index in [1.54, 1.807) is 12.1 Å². The zero-order chi connectivity index (χ0) is 16.2. The summed E-state index contributed by atoms with van der Waals surface area (Å²) in [7, 11) is -3.70. The van der Waals surface area contributed by atoms with Crippen LogP contribution in [-0.2, 0) is 14.3 Å². The molecule has 5 heteroatoms. The van der Waals surface area contributed by atoms with Crippen LogP contribution in [0, 0.1) is 23.7 Å². The standard InChI is InChI=1S/C18H22O4S/c1-23(20,21)22-18(17(19)14-5-3-2-4-6-14)15-8-12-7-13(10-15)11-16(18)9-12/h2-6,12-13,15-16H,7-11H2,1H3. The fourth-order valence-corrected chi connectivity index (χ4v) is 6.34. The average Bonchev–Trinajstić information content (AvgIpc) is 2.49. The minimum Gasteiger partial charge on any atom is -0.291 e. The number of hydrogen-bond acceptors (Lipinski definition) is 4. The Kier molecular flexibility index (Phi) is 3.43. The predicted octanol–water partition coefficient (Wildman–Crippen LogP) is 3.04. The fourth-order valence-electron chi connectivity index (χ4n) is 5.49. The van der Waals surface area contributed by atoms with Gasteiger partial charge in [-0.25, -0.2) is 0 Å². The Bertz CT molecular complexity index is 695. The van der Waals surface area contributed by atoms with Crippen LogP contribution in [0.15, 0.2) is 30.3 Å². The lowest BCUT2D eigenvalue weighted by atomic mass is 9.48. The van der Waals surface area contributed by atoms with Gasteiger partial charge in [-0.05, 0) is 55.8 Å². The van der Waals surface area contributed by atoms with E-state index in [0.29, 0.717) is 17.4 Å². The molecule has 23 heavy (non-hydrogen) atoms. The molecule has 4 nitrogen and oxygen atoms in total. The van der Waals surface area contributed by atoms with Crippen molar-refractivity contribution in [3.63, 3.8) is 0 Å². The van der Waals surface area contributed by atoms with Gasteiger partial charge in [0, 0.05) is 5.56 Å². The molecule has 0 radical (unpaired) electrons. The van der Waals surface area contributed by atoms with Gasteiger partial charge in [-0.2, -0.15) is 8.42 Å². The topological polar surface area (TPSA) is 60.4 Å². The van der Waals surface area contributed by atoms with E-state index in [9.17, 15) is 13.2 Å². The molecule has 4 saturated carbocycles. The number of Topliss-reactive ketones (excluding diaryl/α,β-unsaturated/α-hetero) is 1. The molecule has 0 saturated heterocycles. The molecule has 0 unspecified atom stereocenters. The first kappa shape index (κ1) is 15.3. The maximum absolute atomic E-state index is 13.3. The van der Waals surface area contributed by atoms with Crippen LogP contribution in [-0.4, -0.2) is 26.1 Å². The number of hydrogen-bond donors (Lipinski definition) is 0. The molecule has 1 aromatic rings. The van der Waals surface area contributed by atoms with Crippen molar-refractivity contribution in [3.8, 4) is 0 Å². The second-order valence-electron chi connectivity index (χ2n) is 7.58. The predicted molar refractivity (Wildman–Crippen MR) is 86.5 cm³/mol. The lowest BCUT2D eigenvalue weighted by molar-refractivity contribution is -0.126. The summed E-state index contributed by atoms with van der Waals surface area (Å²) in [5.41, 5.74) is -0.619. The van der Waals surface area contributed by atoms with Crippen molar-refractivity contribution >= 4 is 15.9 Å². The number of carbonyl (C=O) groups excluding carboxylic acids is 1. The highest BCUT2D eigenvalue weighted by Crippen LogP contribution is 2.60. The van der Waals surface area contributed by atoms with E-state index in [1.807, 2.05) is 18.2 Å². The normalized spacial score (nSPS) is 38.7. The number of ketones is 1. The molecule has 0 spiro atoms. The van der Waals surface area contributed by atoms with Crippen molar-refractivity contribution in [1.29, 1.82) is 0 Å². The molecule has 124 valence electrons. The van der Waals surface area contributed by atoms with E-state index in [1.165, 1.54) is 6.42 Å². The first-order valence-electron chi connectivity index (χ1n) is 8.39. The Morgan fingerprint density at radius 1 is 1.00 bits per heavy atom. The average molecular weight is 334 g/mol. The Balaban J connectivity index is 1.81. The van der Waals surface area contributed by atoms with Crippen molar-refractivity contribution in [1.82, 2.24) is 0 Å². The summed E-state index contributed by atoms with van der Waals surface area (Å²) in [6.45, 7) is 0. The van der Waals surface area contributed by atoms with Crippen molar-refractivity contribution in [2.75, 3.05) is 6.26 Å². The van der Waals surface area contributed by atoms with Gasteiger partial charge in [0.1, 0.15) is 0 Å². The third-order valence-corrected chi connectivity index (χ3v) is 6.61. The number of carbonyl (C=O) groups is 1. The zero-order valence-corrected chi connectivity index (χ0v) is 14.1. The fraction of sp³-hybridized carbons (Fsp3) is 0.611. The van der Waals surface area contributed by atoms with Crippen LogP contribution < -0.4 is 0 Å². The van der Waals surface area contributed by atoms with Gasteiger partial charge in [0.2, 0.25) is 0 Å². The lowest BCUT2D eigenvalue weighted by Crippen LogP contribution is -2.63. The van der Waals surface area contributed by atoms with Crippen molar-refractivity contribution in [2.24, 2.45) is 23.7 Å². The Labute approximate surface area is 137 Å². The molecule has 0 aliphatic heterocycles. The molecule has 1 aromatic carbocycles. The maximum Gasteiger partial charge on any atom is 0.265 e. The SMILES string of the molecule is CS(=O)(=O)OC1(C(=O)c2ccccc2)C2CC3CC(C2)CC1C3. The number of rotatable bonds is 4. The number of benzene rings is 1. The minimum absolute atomic E-state index is 0.0289. The van der Waals surface area contributed by atoms with Gasteiger partial charge >= 0.3 is 0 Å². The molecule has 4 fully saturated rings. The van der Waals surface area contributed by atoms with Crippen molar-refractivity contribution < 1.29 is 17.4 Å². The molecule has 0 amide bonds. The third-order valence-electron chi connectivity index (χ3n) is 6.03. The summed E-state index contributed by atoms with van der Waals surface area (Å²) in [5.74, 6) is 1.19. The second kappa shape index (κ2) is 5.15. The van der Waals surface area contributed by atoms with Crippen molar-refractivity contribution in [2.45, 2.75) is 37.7 Å². The van der Waals surface area contributed by atoms with E-state index in [-0.39, 0.29) is 17.6 Å². The van der Waals surface area contributed by atoms with Crippen LogP contribution in [0.3, 0.4) is 0 Å². The van der Waals surface area contributed by atoms with Crippen LogP contribution >= 0.6 is 0 Å². The Morgan fingerprint density at radius 3 is 2.00 bits per heavy atom. The molecular weight excluding hydrogens is 312 g/mol. The van der Waals surface area contributed by atoms with E-state index in [4.69, 9.17) is 4.18 Å². The van der Waals surface area contributed by atoms with E-state index in [2.05, 4.69) is 0 Å². The van der Waals surface area contributed by atoms with Gasteiger partial charge in [0.25, 0.3) is 10.1 Å². The van der Waals surface area contributed by atoms with Crippen LogP contribution in [0.4, 0.5) is 0 Å². The highest BCUT2D eigenvalue weighted by molar-refractivity contribution is 7.86. The summed E-state index contributed by atoms with van der Waals surface area (Å²) in [5, 5.41) is 0. The molecule has 5 rings (SSSR count). The van der Waals surface area contributed by atoms with E-state index >= 15 is 0 Å². The van der Waals surface area contributed by atoms with Gasteiger partial charge in [-0.3, -0.25) is 8.98 Å². The monoisotopic (exact) mass is 334 g/mol. The maximum atomic E-state index is 13.3. The highest BCUT2D eigenvalue weighted by atomic mass is 32.2. The summed E-state index contributed by atoms with van der Waals surface area (Å²) in [6.07, 6.45) is 5.98.